The maximum Gasteiger partial charge on any atom is 0.103 e. The van der Waals surface area contributed by atoms with Gasteiger partial charge in [0, 0.05) is 11.3 Å². The zero-order chi connectivity index (χ0) is 12.4. The van der Waals surface area contributed by atoms with Crippen molar-refractivity contribution in [2.45, 2.75) is 40.5 Å². The molecule has 1 aliphatic carbocycles. The Morgan fingerprint density at radius 3 is 2.65 bits per heavy atom. The summed E-state index contributed by atoms with van der Waals surface area (Å²) in [4.78, 5) is 7.91. The van der Waals surface area contributed by atoms with E-state index in [4.69, 9.17) is 0 Å². The fourth-order valence-corrected chi connectivity index (χ4v) is 2.36. The van der Waals surface area contributed by atoms with Crippen LogP contribution in [0.2, 0.25) is 0 Å². The molecule has 0 spiro atoms. The molecule has 90 valence electrons. The summed E-state index contributed by atoms with van der Waals surface area (Å²) in [6.45, 7) is 8.16. The van der Waals surface area contributed by atoms with E-state index in [1.165, 1.54) is 22.4 Å². The van der Waals surface area contributed by atoms with Crippen molar-refractivity contribution < 1.29 is 0 Å². The first-order chi connectivity index (χ1) is 8.24. The summed E-state index contributed by atoms with van der Waals surface area (Å²) in [6.07, 6.45) is 2.22. The predicted octanol–water partition coefficient (Wildman–Crippen LogP) is 3.82. The highest BCUT2D eigenvalue weighted by Gasteiger charge is 2.18. The van der Waals surface area contributed by atoms with E-state index in [2.05, 4.69) is 35.1 Å². The van der Waals surface area contributed by atoms with Gasteiger partial charge < -0.3 is 4.98 Å². The molecular formula is C15H20N2. The SMILES string of the molecule is CC.Cc1ccc2c(c1)CCc1[nH]c(C)nc1-2. The largest absolute Gasteiger partial charge is 0.346 e. The Bertz CT molecular complexity index is 524. The monoisotopic (exact) mass is 228 g/mol. The lowest BCUT2D eigenvalue weighted by molar-refractivity contribution is 0.903. The Kier molecular flexibility index (Phi) is 3.32. The van der Waals surface area contributed by atoms with Crippen molar-refractivity contribution in [3.8, 4) is 11.3 Å². The zero-order valence-electron chi connectivity index (χ0n) is 11.1. The second-order valence-corrected chi connectivity index (χ2v) is 4.31. The van der Waals surface area contributed by atoms with Crippen LogP contribution in [0.1, 0.15) is 36.5 Å². The maximum atomic E-state index is 4.57. The van der Waals surface area contributed by atoms with Crippen LogP contribution in [-0.2, 0) is 12.8 Å². The van der Waals surface area contributed by atoms with Crippen molar-refractivity contribution in [2.24, 2.45) is 0 Å². The van der Waals surface area contributed by atoms with Crippen molar-refractivity contribution in [1.82, 2.24) is 9.97 Å². The van der Waals surface area contributed by atoms with E-state index in [0.29, 0.717) is 0 Å². The molecule has 1 aromatic heterocycles. The third-order valence-electron chi connectivity index (χ3n) is 3.06. The first kappa shape index (κ1) is 11.9. The van der Waals surface area contributed by atoms with Gasteiger partial charge in [-0.3, -0.25) is 0 Å². The van der Waals surface area contributed by atoms with Crippen LogP contribution in [0, 0.1) is 13.8 Å². The number of aromatic amines is 1. The van der Waals surface area contributed by atoms with Crippen LogP contribution < -0.4 is 0 Å². The standard InChI is InChI=1S/C13H14N2.C2H6/c1-8-3-5-11-10(7-8)4-6-12-13(11)15-9(2)14-12;1-2/h3,5,7H,4,6H2,1-2H3,(H,14,15);1-2H3. The second kappa shape index (κ2) is 4.74. The molecule has 2 heteroatoms. The maximum absolute atomic E-state index is 4.57. The molecule has 1 aliphatic rings. The molecule has 0 amide bonds. The summed E-state index contributed by atoms with van der Waals surface area (Å²) >= 11 is 0. The number of hydrogen-bond donors (Lipinski definition) is 1. The zero-order valence-corrected chi connectivity index (χ0v) is 11.1. The Hall–Kier alpha value is -1.57. The number of aromatic nitrogens is 2. The highest BCUT2D eigenvalue weighted by molar-refractivity contribution is 5.69. The molecule has 0 saturated carbocycles. The van der Waals surface area contributed by atoms with Crippen LogP contribution in [-0.4, -0.2) is 9.97 Å². The Labute approximate surface area is 103 Å². The molecular weight excluding hydrogens is 208 g/mol. The first-order valence-corrected chi connectivity index (χ1v) is 6.39. The van der Waals surface area contributed by atoms with Crippen LogP contribution in [0.4, 0.5) is 0 Å². The van der Waals surface area contributed by atoms with Crippen molar-refractivity contribution in [2.75, 3.05) is 0 Å². The number of nitrogens with one attached hydrogen (secondary N) is 1. The number of aryl methyl sites for hydroxylation is 4. The van der Waals surface area contributed by atoms with E-state index in [1.54, 1.807) is 0 Å². The lowest BCUT2D eigenvalue weighted by atomic mass is 9.91. The lowest BCUT2D eigenvalue weighted by Gasteiger charge is -2.15. The molecule has 0 bridgehead atoms. The summed E-state index contributed by atoms with van der Waals surface area (Å²) in [5.74, 6) is 1.02. The van der Waals surface area contributed by atoms with Gasteiger partial charge in [-0.05, 0) is 32.3 Å². The number of imidazole rings is 1. The van der Waals surface area contributed by atoms with Gasteiger partial charge in [-0.25, -0.2) is 4.98 Å². The van der Waals surface area contributed by atoms with E-state index in [0.717, 1.165) is 24.4 Å². The van der Waals surface area contributed by atoms with Crippen molar-refractivity contribution in [1.29, 1.82) is 0 Å². The van der Waals surface area contributed by atoms with Crippen LogP contribution in [0.25, 0.3) is 11.3 Å². The van der Waals surface area contributed by atoms with Gasteiger partial charge >= 0.3 is 0 Å². The molecule has 0 aliphatic heterocycles. The molecule has 2 aromatic rings. The Balaban J connectivity index is 0.000000514. The number of H-pyrrole nitrogens is 1. The fraction of sp³-hybridized carbons (Fsp3) is 0.400. The van der Waals surface area contributed by atoms with Gasteiger partial charge in [0.25, 0.3) is 0 Å². The van der Waals surface area contributed by atoms with E-state index in [9.17, 15) is 0 Å². The van der Waals surface area contributed by atoms with E-state index in [-0.39, 0.29) is 0 Å². The minimum absolute atomic E-state index is 1.02. The minimum Gasteiger partial charge on any atom is -0.346 e. The molecule has 0 fully saturated rings. The van der Waals surface area contributed by atoms with Crippen molar-refractivity contribution in [3.63, 3.8) is 0 Å². The first-order valence-electron chi connectivity index (χ1n) is 6.39. The predicted molar refractivity (Wildman–Crippen MR) is 72.3 cm³/mol. The summed E-state index contributed by atoms with van der Waals surface area (Å²) in [6, 6.07) is 6.64. The van der Waals surface area contributed by atoms with Gasteiger partial charge in [0.05, 0.1) is 5.69 Å². The van der Waals surface area contributed by atoms with E-state index in [1.807, 2.05) is 20.8 Å². The van der Waals surface area contributed by atoms with Crippen LogP contribution >= 0.6 is 0 Å². The normalized spacial score (nSPS) is 12.2. The fourth-order valence-electron chi connectivity index (χ4n) is 2.36. The molecule has 0 atom stereocenters. The number of rotatable bonds is 0. The van der Waals surface area contributed by atoms with Gasteiger partial charge in [-0.2, -0.15) is 0 Å². The molecule has 1 heterocycles. The van der Waals surface area contributed by atoms with Crippen LogP contribution in [0.5, 0.6) is 0 Å². The highest BCUT2D eigenvalue weighted by Crippen LogP contribution is 2.32. The number of hydrogen-bond acceptors (Lipinski definition) is 1. The number of nitrogens with zero attached hydrogens (tertiary/aromatic N) is 1. The number of fused-ring (bicyclic) bond motifs is 3. The lowest BCUT2D eigenvalue weighted by Crippen LogP contribution is -2.03. The summed E-state index contributed by atoms with van der Waals surface area (Å²) < 4.78 is 0. The summed E-state index contributed by atoms with van der Waals surface area (Å²) in [5.41, 5.74) is 6.54. The molecule has 2 nitrogen and oxygen atoms in total. The van der Waals surface area contributed by atoms with Crippen molar-refractivity contribution in [3.05, 3.63) is 40.8 Å². The number of benzene rings is 1. The third-order valence-corrected chi connectivity index (χ3v) is 3.06. The summed E-state index contributed by atoms with van der Waals surface area (Å²) in [7, 11) is 0. The molecule has 1 N–H and O–H groups in total. The molecule has 1 aromatic carbocycles. The molecule has 17 heavy (non-hydrogen) atoms. The Morgan fingerprint density at radius 1 is 1.12 bits per heavy atom. The molecule has 0 radical (unpaired) electrons. The molecule has 3 rings (SSSR count). The van der Waals surface area contributed by atoms with Gasteiger partial charge in [0.1, 0.15) is 5.82 Å². The molecule has 0 unspecified atom stereocenters. The van der Waals surface area contributed by atoms with Gasteiger partial charge in [-0.1, -0.05) is 37.6 Å². The van der Waals surface area contributed by atoms with Gasteiger partial charge in [0.15, 0.2) is 0 Å². The average molecular weight is 228 g/mol. The topological polar surface area (TPSA) is 28.7 Å². The quantitative estimate of drug-likeness (QED) is 0.729. The molecule has 0 saturated heterocycles. The van der Waals surface area contributed by atoms with Crippen LogP contribution in [0.15, 0.2) is 18.2 Å². The van der Waals surface area contributed by atoms with Crippen LogP contribution in [0.3, 0.4) is 0 Å². The average Bonchev–Trinajstić information content (AvgIpc) is 2.72. The Morgan fingerprint density at radius 2 is 1.88 bits per heavy atom. The highest BCUT2D eigenvalue weighted by atomic mass is 14.9. The summed E-state index contributed by atoms with van der Waals surface area (Å²) in [5, 5.41) is 0. The minimum atomic E-state index is 1.02. The van der Waals surface area contributed by atoms with E-state index < -0.39 is 0 Å². The second-order valence-electron chi connectivity index (χ2n) is 4.31. The smallest absolute Gasteiger partial charge is 0.103 e. The van der Waals surface area contributed by atoms with Crippen molar-refractivity contribution >= 4 is 0 Å². The van der Waals surface area contributed by atoms with Gasteiger partial charge in [0.2, 0.25) is 0 Å². The third kappa shape index (κ3) is 2.12. The van der Waals surface area contributed by atoms with Gasteiger partial charge in [-0.15, -0.1) is 0 Å². The van der Waals surface area contributed by atoms with E-state index >= 15 is 0 Å².